The Bertz CT molecular complexity index is 1580. The minimum atomic E-state index is -3.38. The summed E-state index contributed by atoms with van der Waals surface area (Å²) in [5.41, 5.74) is 1.35. The van der Waals surface area contributed by atoms with E-state index in [1.165, 1.54) is 6.08 Å². The quantitative estimate of drug-likeness (QED) is 0.371. The lowest BCUT2D eigenvalue weighted by atomic mass is 9.87. The number of halogens is 1. The van der Waals surface area contributed by atoms with Crippen molar-refractivity contribution >= 4 is 44.9 Å². The molecular formula is C27H19ClN2O5S. The second-order valence-corrected chi connectivity index (χ2v) is 11.2. The number of benzene rings is 2. The molecule has 0 spiro atoms. The summed E-state index contributed by atoms with van der Waals surface area (Å²) < 4.78 is 30.2. The number of imide groups is 1. The minimum absolute atomic E-state index is 0.0821. The van der Waals surface area contributed by atoms with Crippen LogP contribution in [-0.4, -0.2) is 42.7 Å². The van der Waals surface area contributed by atoms with Crippen LogP contribution in [0.25, 0.3) is 23.0 Å². The lowest BCUT2D eigenvalue weighted by Crippen LogP contribution is -2.49. The Morgan fingerprint density at radius 2 is 1.69 bits per heavy atom. The molecule has 1 atom stereocenters. The van der Waals surface area contributed by atoms with E-state index in [9.17, 15) is 23.3 Å². The van der Waals surface area contributed by atoms with Crippen LogP contribution in [0.2, 0.25) is 5.02 Å². The molecule has 3 aromatic rings. The number of nitrogens with zero attached hydrogens (tertiary/aromatic N) is 2. The monoisotopic (exact) mass is 518 g/mol. The first-order valence-corrected chi connectivity index (χ1v) is 13.3. The zero-order chi connectivity index (χ0) is 25.4. The molecule has 0 bridgehead atoms. The number of nitriles is 1. The number of hydrogen-bond donors (Lipinski definition) is 0. The number of amides is 2. The van der Waals surface area contributed by atoms with Crippen LogP contribution in [0.1, 0.15) is 17.7 Å². The van der Waals surface area contributed by atoms with Gasteiger partial charge in [-0.15, -0.1) is 0 Å². The van der Waals surface area contributed by atoms with Gasteiger partial charge in [0.2, 0.25) is 0 Å². The van der Waals surface area contributed by atoms with Crippen molar-refractivity contribution in [2.75, 3.05) is 11.5 Å². The van der Waals surface area contributed by atoms with Crippen molar-refractivity contribution < 1.29 is 22.4 Å². The molecule has 0 unspecified atom stereocenters. The number of carbonyl (C=O) groups excluding carboxylic acids is 2. The lowest BCUT2D eigenvalue weighted by molar-refractivity contribution is -0.142. The van der Waals surface area contributed by atoms with E-state index in [2.05, 4.69) is 0 Å². The number of rotatable bonds is 4. The second kappa shape index (κ2) is 9.26. The third-order valence-electron chi connectivity index (χ3n) is 6.19. The maximum Gasteiger partial charge on any atom is 0.272 e. The average Bonchev–Trinajstić information content (AvgIpc) is 3.47. The highest BCUT2D eigenvalue weighted by atomic mass is 35.5. The Labute approximate surface area is 212 Å². The standard InChI is InChI=1S/C27H19ClN2O5S/c28-19-8-6-17(7-9-19)24-11-10-21(35-24)14-22-25(18-4-2-1-3-5-18)23(15-29)27(32)30(26(22)31)20-12-13-36(33,34)16-20/h1-11,14,20H,12-13,16H2/b22-14-/t20-/m1/s1. The van der Waals surface area contributed by atoms with Gasteiger partial charge in [0, 0.05) is 16.2 Å². The van der Waals surface area contributed by atoms with E-state index in [0.29, 0.717) is 22.1 Å². The van der Waals surface area contributed by atoms with E-state index in [1.54, 1.807) is 66.7 Å². The van der Waals surface area contributed by atoms with E-state index >= 15 is 0 Å². The van der Waals surface area contributed by atoms with Gasteiger partial charge >= 0.3 is 0 Å². The van der Waals surface area contributed by atoms with Crippen molar-refractivity contribution in [3.8, 4) is 17.4 Å². The summed E-state index contributed by atoms with van der Waals surface area (Å²) in [7, 11) is -3.38. The lowest BCUT2D eigenvalue weighted by Gasteiger charge is -2.32. The van der Waals surface area contributed by atoms with Crippen molar-refractivity contribution in [3.63, 3.8) is 0 Å². The summed E-state index contributed by atoms with van der Waals surface area (Å²) in [6, 6.07) is 20.3. The normalized spacial score (nSPS) is 20.7. The molecule has 0 aliphatic carbocycles. The Kier molecular flexibility index (Phi) is 6.12. The fourth-order valence-corrected chi connectivity index (χ4v) is 6.31. The highest BCUT2D eigenvalue weighted by molar-refractivity contribution is 7.91. The van der Waals surface area contributed by atoms with Gasteiger partial charge in [0.25, 0.3) is 11.8 Å². The predicted molar refractivity (Wildman–Crippen MR) is 135 cm³/mol. The van der Waals surface area contributed by atoms with Crippen LogP contribution >= 0.6 is 11.6 Å². The van der Waals surface area contributed by atoms with E-state index < -0.39 is 27.7 Å². The van der Waals surface area contributed by atoms with E-state index in [-0.39, 0.29) is 34.6 Å². The maximum absolute atomic E-state index is 13.7. The Morgan fingerprint density at radius 3 is 2.33 bits per heavy atom. The number of furan rings is 1. The number of sulfone groups is 1. The molecule has 2 amide bonds. The predicted octanol–water partition coefficient (Wildman–Crippen LogP) is 4.52. The summed E-state index contributed by atoms with van der Waals surface area (Å²) in [4.78, 5) is 28.0. The minimum Gasteiger partial charge on any atom is -0.457 e. The van der Waals surface area contributed by atoms with E-state index in [0.717, 1.165) is 10.5 Å². The molecule has 1 fully saturated rings. The molecule has 0 N–H and O–H groups in total. The fraction of sp³-hybridized carbons (Fsp3) is 0.148. The Balaban J connectivity index is 1.65. The second-order valence-electron chi connectivity index (χ2n) is 8.53. The Hall–Kier alpha value is -3.93. The average molecular weight is 519 g/mol. The van der Waals surface area contributed by atoms with Gasteiger partial charge in [0.1, 0.15) is 23.2 Å². The first-order chi connectivity index (χ1) is 17.3. The molecule has 2 aliphatic heterocycles. The maximum atomic E-state index is 13.7. The van der Waals surface area contributed by atoms with Gasteiger partial charge in [-0.3, -0.25) is 14.5 Å². The summed E-state index contributed by atoms with van der Waals surface area (Å²) in [6.07, 6.45) is 1.62. The smallest absolute Gasteiger partial charge is 0.272 e. The number of hydrogen-bond acceptors (Lipinski definition) is 6. The van der Waals surface area contributed by atoms with Gasteiger partial charge < -0.3 is 4.42 Å². The summed E-state index contributed by atoms with van der Waals surface area (Å²) in [5.74, 6) is -1.01. The molecule has 5 rings (SSSR count). The molecule has 36 heavy (non-hydrogen) atoms. The van der Waals surface area contributed by atoms with E-state index in [1.807, 2.05) is 6.07 Å². The van der Waals surface area contributed by atoms with Crippen LogP contribution in [0.5, 0.6) is 0 Å². The largest absolute Gasteiger partial charge is 0.457 e. The van der Waals surface area contributed by atoms with Crippen LogP contribution in [0.3, 0.4) is 0 Å². The van der Waals surface area contributed by atoms with Crippen molar-refractivity contribution in [1.29, 1.82) is 5.26 Å². The Morgan fingerprint density at radius 1 is 0.972 bits per heavy atom. The topological polar surface area (TPSA) is 108 Å². The molecule has 1 aromatic heterocycles. The molecule has 2 aromatic carbocycles. The third-order valence-corrected chi connectivity index (χ3v) is 8.19. The molecule has 0 radical (unpaired) electrons. The molecule has 2 aliphatic rings. The van der Waals surface area contributed by atoms with Crippen LogP contribution in [0.15, 0.2) is 82.3 Å². The summed E-state index contributed by atoms with van der Waals surface area (Å²) in [6.45, 7) is 0. The van der Waals surface area contributed by atoms with Gasteiger partial charge in [-0.2, -0.15) is 5.26 Å². The first-order valence-electron chi connectivity index (χ1n) is 11.1. The molecule has 1 saturated heterocycles. The molecule has 180 valence electrons. The molecule has 3 heterocycles. The van der Waals surface area contributed by atoms with Gasteiger partial charge in [-0.25, -0.2) is 8.42 Å². The molecule has 7 nitrogen and oxygen atoms in total. The first kappa shape index (κ1) is 23.8. The molecule has 0 saturated carbocycles. The number of carbonyl (C=O) groups is 2. The zero-order valence-electron chi connectivity index (χ0n) is 18.8. The van der Waals surface area contributed by atoms with Gasteiger partial charge in [0.05, 0.1) is 23.1 Å². The van der Waals surface area contributed by atoms with Crippen LogP contribution in [-0.2, 0) is 19.4 Å². The highest BCUT2D eigenvalue weighted by Gasteiger charge is 2.45. The van der Waals surface area contributed by atoms with Gasteiger partial charge in [-0.05, 0) is 54.5 Å². The SMILES string of the molecule is N#CC1=C(c2ccccc2)/C(=C/c2ccc(-c3ccc(Cl)cc3)o2)C(=O)N([C@@H]2CCS(=O)(=O)C2)C1=O. The fourth-order valence-electron chi connectivity index (χ4n) is 4.49. The summed E-state index contributed by atoms with van der Waals surface area (Å²) in [5, 5.41) is 10.5. The van der Waals surface area contributed by atoms with Gasteiger partial charge in [0.15, 0.2) is 9.84 Å². The van der Waals surface area contributed by atoms with E-state index in [4.69, 9.17) is 16.0 Å². The molecular weight excluding hydrogens is 500 g/mol. The van der Waals surface area contributed by atoms with Crippen LogP contribution in [0.4, 0.5) is 0 Å². The van der Waals surface area contributed by atoms with Gasteiger partial charge in [-0.1, -0.05) is 41.9 Å². The highest BCUT2D eigenvalue weighted by Crippen LogP contribution is 2.37. The van der Waals surface area contributed by atoms with Crippen LogP contribution in [0, 0.1) is 11.3 Å². The molecule has 9 heteroatoms. The van der Waals surface area contributed by atoms with Crippen LogP contribution < -0.4 is 0 Å². The van der Waals surface area contributed by atoms with Crippen molar-refractivity contribution in [2.45, 2.75) is 12.5 Å². The zero-order valence-corrected chi connectivity index (χ0v) is 20.4. The van der Waals surface area contributed by atoms with Crippen molar-refractivity contribution in [2.24, 2.45) is 0 Å². The van der Waals surface area contributed by atoms with Crippen molar-refractivity contribution in [3.05, 3.63) is 94.2 Å². The third kappa shape index (κ3) is 4.39. The van der Waals surface area contributed by atoms with Crippen molar-refractivity contribution in [1.82, 2.24) is 4.90 Å². The summed E-state index contributed by atoms with van der Waals surface area (Å²) >= 11 is 5.97.